The highest BCUT2D eigenvalue weighted by molar-refractivity contribution is 6.30. The topological polar surface area (TPSA) is 33.0 Å². The van der Waals surface area contributed by atoms with E-state index in [1.807, 2.05) is 55.8 Å². The van der Waals surface area contributed by atoms with Crippen molar-refractivity contribution >= 4 is 23.2 Å². The number of benzene rings is 1. The minimum Gasteiger partial charge on any atom is -0.320 e. The highest BCUT2D eigenvalue weighted by atomic mass is 35.5. The minimum absolute atomic E-state index is 0.0639. The van der Waals surface area contributed by atoms with Crippen molar-refractivity contribution in [3.05, 3.63) is 58.9 Å². The fraction of sp³-hybridized carbons (Fsp3) is 0.250. The maximum absolute atomic E-state index is 12.3. The summed E-state index contributed by atoms with van der Waals surface area (Å²) in [5, 5.41) is 3.49. The van der Waals surface area contributed by atoms with Gasteiger partial charge >= 0.3 is 0 Å². The standard InChI is InChI=1S/C16H17ClN2O/c1-11-6-5-9-19(12(11)2)13(3)16(20)18-15-8-4-7-14(17)10-15/h4-10,13H,1-3H3/p+1/t13-/m0/s1. The Bertz CT molecular complexity index is 640. The number of rotatable bonds is 3. The molecular weight excluding hydrogens is 272 g/mol. The molecule has 0 aliphatic rings. The molecule has 104 valence electrons. The first-order valence-electron chi connectivity index (χ1n) is 6.53. The molecule has 2 rings (SSSR count). The van der Waals surface area contributed by atoms with E-state index in [4.69, 9.17) is 11.6 Å². The van der Waals surface area contributed by atoms with Gasteiger partial charge in [-0.1, -0.05) is 17.7 Å². The molecule has 1 aromatic heterocycles. The number of nitrogens with one attached hydrogen (secondary N) is 1. The lowest BCUT2D eigenvalue weighted by Gasteiger charge is -2.11. The first-order chi connectivity index (χ1) is 9.49. The Morgan fingerprint density at radius 2 is 2.00 bits per heavy atom. The van der Waals surface area contributed by atoms with Crippen LogP contribution in [0.2, 0.25) is 5.02 Å². The molecule has 1 N–H and O–H groups in total. The monoisotopic (exact) mass is 289 g/mol. The number of anilines is 1. The molecule has 0 saturated carbocycles. The normalized spacial score (nSPS) is 12.0. The second kappa shape index (κ2) is 6.06. The molecule has 0 spiro atoms. The van der Waals surface area contributed by atoms with Crippen molar-refractivity contribution in [3.8, 4) is 0 Å². The molecular formula is C16H18ClN2O+. The summed E-state index contributed by atoms with van der Waals surface area (Å²) >= 11 is 5.91. The number of aromatic nitrogens is 1. The summed E-state index contributed by atoms with van der Waals surface area (Å²) in [4.78, 5) is 12.3. The highest BCUT2D eigenvalue weighted by Crippen LogP contribution is 2.16. The lowest BCUT2D eigenvalue weighted by molar-refractivity contribution is -0.711. The lowest BCUT2D eigenvalue weighted by atomic mass is 10.2. The number of halogens is 1. The maximum Gasteiger partial charge on any atom is 0.293 e. The summed E-state index contributed by atoms with van der Waals surface area (Å²) < 4.78 is 1.97. The molecule has 1 heterocycles. The van der Waals surface area contributed by atoms with Gasteiger partial charge in [-0.2, -0.15) is 4.57 Å². The molecule has 2 aromatic rings. The van der Waals surface area contributed by atoms with Crippen LogP contribution in [-0.2, 0) is 4.79 Å². The zero-order chi connectivity index (χ0) is 14.7. The van der Waals surface area contributed by atoms with Crippen LogP contribution in [-0.4, -0.2) is 5.91 Å². The van der Waals surface area contributed by atoms with E-state index in [1.165, 1.54) is 0 Å². The van der Waals surface area contributed by atoms with Gasteiger partial charge in [-0.3, -0.25) is 4.79 Å². The van der Waals surface area contributed by atoms with Gasteiger partial charge in [-0.15, -0.1) is 0 Å². The van der Waals surface area contributed by atoms with E-state index >= 15 is 0 Å². The summed E-state index contributed by atoms with van der Waals surface area (Å²) in [6.45, 7) is 5.93. The summed E-state index contributed by atoms with van der Waals surface area (Å²) in [5.74, 6) is -0.0639. The summed E-state index contributed by atoms with van der Waals surface area (Å²) in [6.07, 6.45) is 1.92. The Kier molecular flexibility index (Phi) is 4.40. The van der Waals surface area contributed by atoms with E-state index in [2.05, 4.69) is 5.32 Å². The van der Waals surface area contributed by atoms with Gasteiger partial charge in [0.2, 0.25) is 6.04 Å². The molecule has 20 heavy (non-hydrogen) atoms. The van der Waals surface area contributed by atoms with Crippen LogP contribution in [0.3, 0.4) is 0 Å². The molecule has 0 unspecified atom stereocenters. The van der Waals surface area contributed by atoms with Gasteiger partial charge in [0, 0.05) is 36.2 Å². The molecule has 1 amide bonds. The third-order valence-electron chi connectivity index (χ3n) is 3.44. The van der Waals surface area contributed by atoms with Crippen molar-refractivity contribution in [2.45, 2.75) is 26.8 Å². The minimum atomic E-state index is -0.283. The quantitative estimate of drug-likeness (QED) is 0.863. The lowest BCUT2D eigenvalue weighted by Crippen LogP contribution is -2.47. The second-order valence-corrected chi connectivity index (χ2v) is 5.30. The Morgan fingerprint density at radius 3 is 2.70 bits per heavy atom. The zero-order valence-corrected chi connectivity index (χ0v) is 12.6. The Balaban J connectivity index is 2.19. The van der Waals surface area contributed by atoms with E-state index in [-0.39, 0.29) is 11.9 Å². The predicted octanol–water partition coefficient (Wildman–Crippen LogP) is 3.44. The van der Waals surface area contributed by atoms with Crippen LogP contribution in [0.15, 0.2) is 42.6 Å². The van der Waals surface area contributed by atoms with Crippen LogP contribution in [0.1, 0.15) is 24.2 Å². The Labute approximate surface area is 124 Å². The van der Waals surface area contributed by atoms with Crippen molar-refractivity contribution < 1.29 is 9.36 Å². The second-order valence-electron chi connectivity index (χ2n) is 4.86. The molecule has 0 aliphatic carbocycles. The summed E-state index contributed by atoms with van der Waals surface area (Å²) in [6, 6.07) is 10.9. The van der Waals surface area contributed by atoms with Crippen LogP contribution in [0, 0.1) is 13.8 Å². The fourth-order valence-corrected chi connectivity index (χ4v) is 2.27. The van der Waals surface area contributed by atoms with Crippen LogP contribution in [0.25, 0.3) is 0 Å². The van der Waals surface area contributed by atoms with Gasteiger partial charge in [-0.25, -0.2) is 0 Å². The van der Waals surface area contributed by atoms with Gasteiger partial charge in [0.15, 0.2) is 11.9 Å². The van der Waals surface area contributed by atoms with E-state index in [9.17, 15) is 4.79 Å². The first kappa shape index (κ1) is 14.5. The van der Waals surface area contributed by atoms with Gasteiger partial charge in [-0.05, 0) is 31.2 Å². The van der Waals surface area contributed by atoms with Crippen LogP contribution >= 0.6 is 11.6 Å². The molecule has 0 bridgehead atoms. The van der Waals surface area contributed by atoms with Crippen molar-refractivity contribution in [2.24, 2.45) is 0 Å². The van der Waals surface area contributed by atoms with Crippen molar-refractivity contribution in [1.82, 2.24) is 0 Å². The largest absolute Gasteiger partial charge is 0.320 e. The van der Waals surface area contributed by atoms with Gasteiger partial charge in [0.05, 0.1) is 0 Å². The van der Waals surface area contributed by atoms with Gasteiger partial charge in [0.1, 0.15) is 0 Å². The van der Waals surface area contributed by atoms with Gasteiger partial charge < -0.3 is 5.32 Å². The molecule has 1 aromatic carbocycles. The maximum atomic E-state index is 12.3. The number of carbonyl (C=O) groups excluding carboxylic acids is 1. The number of carbonyl (C=O) groups is 1. The molecule has 0 aliphatic heterocycles. The molecule has 0 radical (unpaired) electrons. The van der Waals surface area contributed by atoms with E-state index in [0.29, 0.717) is 10.7 Å². The molecule has 3 nitrogen and oxygen atoms in total. The van der Waals surface area contributed by atoms with Crippen molar-refractivity contribution in [3.63, 3.8) is 0 Å². The first-order valence-corrected chi connectivity index (χ1v) is 6.90. The average molecular weight is 290 g/mol. The number of aryl methyl sites for hydroxylation is 1. The smallest absolute Gasteiger partial charge is 0.293 e. The highest BCUT2D eigenvalue weighted by Gasteiger charge is 2.24. The third-order valence-corrected chi connectivity index (χ3v) is 3.67. The number of hydrogen-bond acceptors (Lipinski definition) is 1. The van der Waals surface area contributed by atoms with Gasteiger partial charge in [0.25, 0.3) is 5.91 Å². The predicted molar refractivity (Wildman–Crippen MR) is 80.9 cm³/mol. The van der Waals surface area contributed by atoms with Crippen LogP contribution in [0.4, 0.5) is 5.69 Å². The van der Waals surface area contributed by atoms with E-state index in [1.54, 1.807) is 12.1 Å². The molecule has 1 atom stereocenters. The third kappa shape index (κ3) is 3.17. The molecule has 0 fully saturated rings. The van der Waals surface area contributed by atoms with E-state index in [0.717, 1.165) is 11.3 Å². The Hall–Kier alpha value is -1.87. The number of hydrogen-bond donors (Lipinski definition) is 1. The van der Waals surface area contributed by atoms with Crippen molar-refractivity contribution in [1.29, 1.82) is 0 Å². The summed E-state index contributed by atoms with van der Waals surface area (Å²) in [7, 11) is 0. The van der Waals surface area contributed by atoms with Crippen molar-refractivity contribution in [2.75, 3.05) is 5.32 Å². The average Bonchev–Trinajstić information content (AvgIpc) is 2.41. The number of pyridine rings is 1. The number of amides is 1. The fourth-order valence-electron chi connectivity index (χ4n) is 2.07. The molecule has 0 saturated heterocycles. The summed E-state index contributed by atoms with van der Waals surface area (Å²) in [5.41, 5.74) is 2.96. The SMILES string of the molecule is Cc1ccc[n+]([C@@H](C)C(=O)Nc2cccc(Cl)c2)c1C. The molecule has 4 heteroatoms. The van der Waals surface area contributed by atoms with Crippen LogP contribution < -0.4 is 9.88 Å². The zero-order valence-electron chi connectivity index (χ0n) is 11.9. The number of nitrogens with zero attached hydrogens (tertiary/aromatic N) is 1. The van der Waals surface area contributed by atoms with Crippen LogP contribution in [0.5, 0.6) is 0 Å². The van der Waals surface area contributed by atoms with E-state index < -0.39 is 0 Å². The Morgan fingerprint density at radius 1 is 1.25 bits per heavy atom.